The molecule has 0 unspecified atom stereocenters. The van der Waals surface area contributed by atoms with E-state index in [4.69, 9.17) is 24.9 Å². The molecule has 4 aromatic carbocycles. The van der Waals surface area contributed by atoms with Crippen LogP contribution in [0.3, 0.4) is 0 Å². The van der Waals surface area contributed by atoms with Gasteiger partial charge in [-0.15, -0.1) is 0 Å². The minimum Gasteiger partial charge on any atom is -0.292 e. The molecule has 6 nitrogen and oxygen atoms in total. The van der Waals surface area contributed by atoms with Crippen molar-refractivity contribution in [1.29, 1.82) is 0 Å². The van der Waals surface area contributed by atoms with Crippen LogP contribution in [-0.4, -0.2) is 29.3 Å². The third kappa shape index (κ3) is 3.46. The summed E-state index contributed by atoms with van der Waals surface area (Å²) >= 11 is 0. The van der Waals surface area contributed by atoms with Crippen LogP contribution in [0.2, 0.25) is 0 Å². The van der Waals surface area contributed by atoms with Gasteiger partial charge in [0.1, 0.15) is 5.65 Å². The van der Waals surface area contributed by atoms with Gasteiger partial charge in [-0.2, -0.15) is 0 Å². The molecule has 0 radical (unpaired) electrons. The maximum Gasteiger partial charge on any atom is 0.164 e. The van der Waals surface area contributed by atoms with Crippen molar-refractivity contribution in [2.75, 3.05) is 0 Å². The standard InChI is InChI=1S/C33H20N6/c1-3-10-21(11-4-1)30-36-31(22-12-5-2-6-13-22)38-32(37-30)23-17-18-27-25(20-23)29-24(14-9-19-34-29)33-35-26-15-7-8-16-28(26)39(27)33/h1-20H. The first-order valence-corrected chi connectivity index (χ1v) is 12.8. The van der Waals surface area contributed by atoms with E-state index in [-0.39, 0.29) is 0 Å². The molecule has 39 heavy (non-hydrogen) atoms. The fourth-order valence-corrected chi connectivity index (χ4v) is 5.25. The average Bonchev–Trinajstić information content (AvgIpc) is 3.42. The molecule has 8 aromatic rings. The Morgan fingerprint density at radius 1 is 0.462 bits per heavy atom. The van der Waals surface area contributed by atoms with Gasteiger partial charge in [0, 0.05) is 33.7 Å². The molecule has 0 bridgehead atoms. The Balaban J connectivity index is 1.42. The molecule has 0 aliphatic carbocycles. The first-order chi connectivity index (χ1) is 19.3. The zero-order valence-electron chi connectivity index (χ0n) is 20.7. The number of para-hydroxylation sites is 2. The van der Waals surface area contributed by atoms with Crippen LogP contribution in [0.1, 0.15) is 0 Å². The summed E-state index contributed by atoms with van der Waals surface area (Å²) < 4.78 is 2.22. The third-order valence-electron chi connectivity index (χ3n) is 7.06. The molecular weight excluding hydrogens is 480 g/mol. The Bertz CT molecular complexity index is 2110. The second-order valence-electron chi connectivity index (χ2n) is 9.43. The van der Waals surface area contributed by atoms with E-state index in [1.165, 1.54) is 0 Å². The van der Waals surface area contributed by atoms with Crippen LogP contribution in [-0.2, 0) is 0 Å². The van der Waals surface area contributed by atoms with E-state index in [0.29, 0.717) is 17.5 Å². The van der Waals surface area contributed by atoms with E-state index in [0.717, 1.165) is 55.2 Å². The molecule has 0 amide bonds. The topological polar surface area (TPSA) is 68.9 Å². The minimum absolute atomic E-state index is 0.615. The highest BCUT2D eigenvalue weighted by Crippen LogP contribution is 2.34. The summed E-state index contributed by atoms with van der Waals surface area (Å²) in [5.41, 5.74) is 7.64. The first kappa shape index (κ1) is 21.6. The Morgan fingerprint density at radius 2 is 1.10 bits per heavy atom. The normalized spacial score (nSPS) is 11.6. The van der Waals surface area contributed by atoms with Crippen LogP contribution in [0, 0.1) is 0 Å². The van der Waals surface area contributed by atoms with Crippen molar-refractivity contribution in [3.8, 4) is 34.2 Å². The van der Waals surface area contributed by atoms with E-state index >= 15 is 0 Å². The van der Waals surface area contributed by atoms with E-state index in [1.807, 2.05) is 91.1 Å². The number of hydrogen-bond donors (Lipinski definition) is 0. The molecule has 0 aliphatic heterocycles. The number of fused-ring (bicyclic) bond motifs is 8. The maximum absolute atomic E-state index is 4.95. The fraction of sp³-hybridized carbons (Fsp3) is 0. The number of rotatable bonds is 3. The minimum atomic E-state index is 0.615. The van der Waals surface area contributed by atoms with Crippen molar-refractivity contribution >= 4 is 38.5 Å². The number of hydrogen-bond acceptors (Lipinski definition) is 5. The smallest absolute Gasteiger partial charge is 0.164 e. The van der Waals surface area contributed by atoms with Gasteiger partial charge < -0.3 is 0 Å². The van der Waals surface area contributed by atoms with Gasteiger partial charge >= 0.3 is 0 Å². The number of imidazole rings is 1. The maximum atomic E-state index is 4.95. The molecule has 8 rings (SSSR count). The molecule has 0 spiro atoms. The number of nitrogens with zero attached hydrogens (tertiary/aromatic N) is 6. The lowest BCUT2D eigenvalue weighted by molar-refractivity contribution is 1.07. The molecule has 0 saturated heterocycles. The van der Waals surface area contributed by atoms with Gasteiger partial charge in [0.25, 0.3) is 0 Å². The van der Waals surface area contributed by atoms with E-state index < -0.39 is 0 Å². The lowest BCUT2D eigenvalue weighted by Crippen LogP contribution is -2.00. The second kappa shape index (κ2) is 8.53. The van der Waals surface area contributed by atoms with Crippen molar-refractivity contribution in [2.45, 2.75) is 0 Å². The third-order valence-corrected chi connectivity index (χ3v) is 7.06. The number of aromatic nitrogens is 6. The molecule has 0 N–H and O–H groups in total. The molecule has 4 heterocycles. The molecule has 6 heteroatoms. The summed E-state index contributed by atoms with van der Waals surface area (Å²) in [6.07, 6.45) is 1.83. The second-order valence-corrected chi connectivity index (χ2v) is 9.43. The van der Waals surface area contributed by atoms with Crippen LogP contribution in [0.15, 0.2) is 121 Å². The zero-order valence-corrected chi connectivity index (χ0v) is 20.7. The monoisotopic (exact) mass is 500 g/mol. The van der Waals surface area contributed by atoms with E-state index in [1.54, 1.807) is 0 Å². The largest absolute Gasteiger partial charge is 0.292 e. The van der Waals surface area contributed by atoms with Gasteiger partial charge in [-0.3, -0.25) is 9.38 Å². The van der Waals surface area contributed by atoms with Crippen LogP contribution in [0.4, 0.5) is 0 Å². The van der Waals surface area contributed by atoms with Crippen LogP contribution >= 0.6 is 0 Å². The van der Waals surface area contributed by atoms with Crippen molar-refractivity contribution in [3.05, 3.63) is 121 Å². The quantitative estimate of drug-likeness (QED) is 0.237. The Hall–Kier alpha value is -5.49. The van der Waals surface area contributed by atoms with Crippen LogP contribution < -0.4 is 0 Å². The van der Waals surface area contributed by atoms with Crippen molar-refractivity contribution in [2.24, 2.45) is 0 Å². The van der Waals surface area contributed by atoms with Crippen molar-refractivity contribution in [1.82, 2.24) is 29.3 Å². The Kier molecular flexibility index (Phi) is 4.72. The van der Waals surface area contributed by atoms with Crippen LogP contribution in [0.25, 0.3) is 72.6 Å². The number of benzene rings is 4. The molecule has 4 aromatic heterocycles. The molecule has 0 saturated carbocycles. The summed E-state index contributed by atoms with van der Waals surface area (Å²) in [4.78, 5) is 24.4. The van der Waals surface area contributed by atoms with Crippen LogP contribution in [0.5, 0.6) is 0 Å². The predicted octanol–water partition coefficient (Wildman–Crippen LogP) is 7.37. The molecule has 0 aliphatic rings. The van der Waals surface area contributed by atoms with Gasteiger partial charge in [0.2, 0.25) is 0 Å². The molecule has 0 fully saturated rings. The SMILES string of the molecule is c1ccc(-c2nc(-c3ccccc3)nc(-c3ccc4c(c3)c3ncccc3c3nc5ccccc5n43)n2)cc1. The molecular formula is C33H20N6. The summed E-state index contributed by atoms with van der Waals surface area (Å²) in [7, 11) is 0. The van der Waals surface area contributed by atoms with Crippen molar-refractivity contribution in [3.63, 3.8) is 0 Å². The molecule has 182 valence electrons. The average molecular weight is 501 g/mol. The highest BCUT2D eigenvalue weighted by molar-refractivity contribution is 6.12. The Labute approximate surface area is 223 Å². The fourth-order valence-electron chi connectivity index (χ4n) is 5.25. The predicted molar refractivity (Wildman–Crippen MR) is 155 cm³/mol. The molecule has 0 atom stereocenters. The van der Waals surface area contributed by atoms with Gasteiger partial charge in [-0.05, 0) is 42.5 Å². The summed E-state index contributed by atoms with van der Waals surface area (Å²) in [6, 6.07) is 38.6. The summed E-state index contributed by atoms with van der Waals surface area (Å²) in [5, 5.41) is 2.02. The van der Waals surface area contributed by atoms with Gasteiger partial charge in [-0.1, -0.05) is 72.8 Å². The highest BCUT2D eigenvalue weighted by atomic mass is 15.0. The van der Waals surface area contributed by atoms with E-state index in [9.17, 15) is 0 Å². The van der Waals surface area contributed by atoms with Gasteiger partial charge in [0.05, 0.1) is 22.1 Å². The van der Waals surface area contributed by atoms with Crippen molar-refractivity contribution < 1.29 is 0 Å². The van der Waals surface area contributed by atoms with Gasteiger partial charge in [0.15, 0.2) is 17.5 Å². The van der Waals surface area contributed by atoms with Gasteiger partial charge in [-0.25, -0.2) is 19.9 Å². The van der Waals surface area contributed by atoms with E-state index in [2.05, 4.69) is 34.7 Å². The summed E-state index contributed by atoms with van der Waals surface area (Å²) in [6.45, 7) is 0. The highest BCUT2D eigenvalue weighted by Gasteiger charge is 2.17. The Morgan fingerprint density at radius 3 is 1.82 bits per heavy atom. The lowest BCUT2D eigenvalue weighted by atomic mass is 10.1. The lowest BCUT2D eigenvalue weighted by Gasteiger charge is -2.11. The summed E-state index contributed by atoms with van der Waals surface area (Å²) in [5.74, 6) is 1.89. The zero-order chi connectivity index (χ0) is 25.8. The first-order valence-electron chi connectivity index (χ1n) is 12.8. The number of pyridine rings is 2.